The third-order valence-corrected chi connectivity index (χ3v) is 10.7. The number of carbonyl (C=O) groups excluding carboxylic acids is 5. The van der Waals surface area contributed by atoms with E-state index in [1.165, 1.54) is 16.0 Å². The maximum Gasteiger partial charge on any atom is 0.243 e. The summed E-state index contributed by atoms with van der Waals surface area (Å²) in [4.78, 5) is 64.0. The van der Waals surface area contributed by atoms with Crippen LogP contribution in [0.2, 0.25) is 0 Å². The molecular formula is C37H49N5O6S2. The molecule has 0 aliphatic heterocycles. The molecule has 3 aromatic rings. The zero-order chi connectivity index (χ0) is 36.4. The minimum Gasteiger partial charge on any atom is -0.357 e. The van der Waals surface area contributed by atoms with Gasteiger partial charge < -0.3 is 31.3 Å². The first kappa shape index (κ1) is 40.2. The molecule has 1 aromatic heterocycles. The van der Waals surface area contributed by atoms with Gasteiger partial charge in [-0.25, -0.2) is 0 Å². The minimum atomic E-state index is -1.00. The van der Waals surface area contributed by atoms with Gasteiger partial charge in [0.25, 0.3) is 0 Å². The Hall–Kier alpha value is -4.20. The Kier molecular flexibility index (Phi) is 17.0. The average molecular weight is 724 g/mol. The van der Waals surface area contributed by atoms with Crippen LogP contribution in [-0.4, -0.2) is 72.4 Å². The van der Waals surface area contributed by atoms with Crippen LogP contribution < -0.4 is 26.6 Å². The highest BCUT2D eigenvalue weighted by Crippen LogP contribution is 2.31. The molecule has 13 heteroatoms. The van der Waals surface area contributed by atoms with Crippen molar-refractivity contribution >= 4 is 52.6 Å². The number of ether oxygens (including phenoxy) is 1. The van der Waals surface area contributed by atoms with Gasteiger partial charge in [0, 0.05) is 16.0 Å². The van der Waals surface area contributed by atoms with E-state index in [2.05, 4.69) is 77.9 Å². The van der Waals surface area contributed by atoms with Crippen molar-refractivity contribution in [2.24, 2.45) is 0 Å². The van der Waals surface area contributed by atoms with Crippen LogP contribution >= 0.6 is 23.1 Å². The van der Waals surface area contributed by atoms with E-state index in [1.807, 2.05) is 42.5 Å². The molecule has 0 bridgehead atoms. The highest BCUT2D eigenvalue weighted by Gasteiger charge is 2.23. The molecule has 1 atom stereocenters. The summed E-state index contributed by atoms with van der Waals surface area (Å²) in [5.74, 6) is -2.16. The molecular weight excluding hydrogens is 675 g/mol. The fourth-order valence-electron chi connectivity index (χ4n) is 4.78. The number of rotatable bonds is 21. The quantitative estimate of drug-likeness (QED) is 0.0831. The summed E-state index contributed by atoms with van der Waals surface area (Å²) in [6.07, 6.45) is 2.86. The number of nitrogens with one attached hydrogen (secondary N) is 5. The zero-order valence-corrected chi connectivity index (χ0v) is 30.9. The van der Waals surface area contributed by atoms with Gasteiger partial charge in [-0.05, 0) is 59.9 Å². The van der Waals surface area contributed by atoms with Crippen LogP contribution in [0.25, 0.3) is 0 Å². The van der Waals surface area contributed by atoms with Crippen molar-refractivity contribution in [3.05, 3.63) is 93.2 Å². The van der Waals surface area contributed by atoms with Crippen molar-refractivity contribution < 1.29 is 28.7 Å². The summed E-state index contributed by atoms with van der Waals surface area (Å²) in [5.41, 5.74) is 4.23. The molecule has 270 valence electrons. The van der Waals surface area contributed by atoms with Crippen molar-refractivity contribution in [2.45, 2.75) is 70.8 Å². The molecule has 11 nitrogen and oxygen atoms in total. The van der Waals surface area contributed by atoms with E-state index in [9.17, 15) is 24.0 Å². The van der Waals surface area contributed by atoms with Crippen LogP contribution in [0.5, 0.6) is 0 Å². The number of benzene rings is 2. The summed E-state index contributed by atoms with van der Waals surface area (Å²) < 4.78 is 5.63. The van der Waals surface area contributed by atoms with Gasteiger partial charge in [0.2, 0.25) is 29.5 Å². The Balaban J connectivity index is 1.40. The molecule has 0 aliphatic carbocycles. The number of carbonyl (C=O) groups is 5. The molecule has 0 fully saturated rings. The van der Waals surface area contributed by atoms with Gasteiger partial charge in [0.15, 0.2) is 0 Å². The fraction of sp³-hybridized carbons (Fsp3) is 0.432. The summed E-state index contributed by atoms with van der Waals surface area (Å²) in [7, 11) is 0. The second-order valence-corrected chi connectivity index (χ2v) is 14.9. The first-order chi connectivity index (χ1) is 24.0. The predicted molar refractivity (Wildman–Crippen MR) is 199 cm³/mol. The van der Waals surface area contributed by atoms with E-state index in [0.29, 0.717) is 6.61 Å². The maximum atomic E-state index is 13.1. The first-order valence-electron chi connectivity index (χ1n) is 16.7. The molecule has 5 N–H and O–H groups in total. The molecule has 0 unspecified atom stereocenters. The lowest BCUT2D eigenvalue weighted by Gasteiger charge is -2.25. The Labute approximate surface area is 303 Å². The van der Waals surface area contributed by atoms with Crippen LogP contribution in [0.4, 0.5) is 0 Å². The second kappa shape index (κ2) is 21.1. The highest BCUT2D eigenvalue weighted by atomic mass is 32.2. The SMILES string of the molecule is CCC(C)(CC)SCC(=O)NCC(=O)NCC(=O)N[C@@H](Cc1ccccc1)C(=O)NCC(=O)NCOCc1cccc(Cc2csc(C)c2)c1. The lowest BCUT2D eigenvalue weighted by molar-refractivity contribution is -0.131. The molecule has 5 amide bonds. The number of thiophene rings is 1. The minimum absolute atomic E-state index is 0.00402. The van der Waals surface area contributed by atoms with Crippen LogP contribution in [-0.2, 0) is 48.2 Å². The van der Waals surface area contributed by atoms with Crippen molar-refractivity contribution in [1.82, 2.24) is 26.6 Å². The fourth-order valence-corrected chi connectivity index (χ4v) is 6.48. The summed E-state index contributed by atoms with van der Waals surface area (Å²) >= 11 is 3.28. The average Bonchev–Trinajstić information content (AvgIpc) is 3.53. The molecule has 2 aromatic carbocycles. The van der Waals surface area contributed by atoms with E-state index in [4.69, 9.17) is 4.74 Å². The second-order valence-electron chi connectivity index (χ2n) is 12.2. The van der Waals surface area contributed by atoms with E-state index < -0.39 is 29.7 Å². The van der Waals surface area contributed by atoms with Crippen LogP contribution in [0.3, 0.4) is 0 Å². The Morgan fingerprint density at radius 3 is 2.10 bits per heavy atom. The molecule has 0 spiro atoms. The van der Waals surface area contributed by atoms with Gasteiger partial charge in [0.1, 0.15) is 12.8 Å². The Bertz CT molecular complexity index is 1560. The Morgan fingerprint density at radius 1 is 0.760 bits per heavy atom. The number of aryl methyl sites for hydroxylation is 1. The molecule has 0 radical (unpaired) electrons. The summed E-state index contributed by atoms with van der Waals surface area (Å²) in [6, 6.07) is 18.4. The lowest BCUT2D eigenvalue weighted by atomic mass is 10.1. The number of amides is 5. The monoisotopic (exact) mass is 723 g/mol. The van der Waals surface area contributed by atoms with Gasteiger partial charge in [0.05, 0.1) is 32.0 Å². The Morgan fingerprint density at radius 2 is 1.40 bits per heavy atom. The highest BCUT2D eigenvalue weighted by molar-refractivity contribution is 8.01. The van der Waals surface area contributed by atoms with Crippen molar-refractivity contribution in [3.63, 3.8) is 0 Å². The normalized spacial score (nSPS) is 11.7. The van der Waals surface area contributed by atoms with Crippen molar-refractivity contribution in [2.75, 3.05) is 32.1 Å². The summed E-state index contributed by atoms with van der Waals surface area (Å²) in [5, 5.41) is 15.0. The predicted octanol–water partition coefficient (Wildman–Crippen LogP) is 3.63. The third kappa shape index (κ3) is 15.1. The van der Waals surface area contributed by atoms with Crippen molar-refractivity contribution in [3.8, 4) is 0 Å². The van der Waals surface area contributed by atoms with E-state index in [0.717, 1.165) is 30.4 Å². The van der Waals surface area contributed by atoms with Gasteiger partial charge in [-0.15, -0.1) is 23.1 Å². The largest absolute Gasteiger partial charge is 0.357 e. The standard InChI is InChI=1S/C37H49N5O6S2/c1-5-37(4,6-2)50-24-35(46)39-19-32(43)38-21-34(45)42-31(18-27-11-8-7-9-12-27)36(47)40-20-33(44)41-25-48-22-29-14-10-13-28(16-29)17-30-15-26(3)49-23-30/h7-16,23,31H,5-6,17-22,24-25H2,1-4H3,(H,38,43)(H,39,46)(H,40,47)(H,41,44)(H,42,45)/t31-/m0/s1. The first-order valence-corrected chi connectivity index (χ1v) is 18.6. The molecule has 0 aliphatic rings. The molecule has 1 heterocycles. The summed E-state index contributed by atoms with van der Waals surface area (Å²) in [6.45, 7) is 7.64. The van der Waals surface area contributed by atoms with Crippen LogP contribution in [0, 0.1) is 6.92 Å². The molecule has 3 rings (SSSR count). The van der Waals surface area contributed by atoms with E-state index in [-0.39, 0.29) is 49.2 Å². The lowest BCUT2D eigenvalue weighted by Crippen LogP contribution is -2.52. The topological polar surface area (TPSA) is 155 Å². The van der Waals surface area contributed by atoms with Gasteiger partial charge in [-0.2, -0.15) is 0 Å². The smallest absolute Gasteiger partial charge is 0.243 e. The number of hydrogen-bond acceptors (Lipinski definition) is 8. The van der Waals surface area contributed by atoms with E-state index in [1.54, 1.807) is 23.1 Å². The maximum absolute atomic E-state index is 13.1. The molecule has 0 saturated carbocycles. The van der Waals surface area contributed by atoms with E-state index >= 15 is 0 Å². The van der Waals surface area contributed by atoms with Crippen molar-refractivity contribution in [1.29, 1.82) is 0 Å². The molecule has 50 heavy (non-hydrogen) atoms. The molecule has 0 saturated heterocycles. The van der Waals surface area contributed by atoms with Gasteiger partial charge in [-0.1, -0.05) is 75.4 Å². The zero-order valence-electron chi connectivity index (χ0n) is 29.3. The number of thioether (sulfide) groups is 1. The van der Waals surface area contributed by atoms with Gasteiger partial charge >= 0.3 is 0 Å². The van der Waals surface area contributed by atoms with Gasteiger partial charge in [-0.3, -0.25) is 24.0 Å². The number of hydrogen-bond donors (Lipinski definition) is 5. The van der Waals surface area contributed by atoms with Crippen LogP contribution in [0.1, 0.15) is 60.7 Å². The third-order valence-electron chi connectivity index (χ3n) is 8.12. The van der Waals surface area contributed by atoms with Crippen LogP contribution in [0.15, 0.2) is 66.0 Å².